The van der Waals surface area contributed by atoms with Gasteiger partial charge in [-0.15, -0.1) is 0 Å². The highest BCUT2D eigenvalue weighted by Gasteiger charge is 2.24. The average molecular weight is 610 g/mol. The highest BCUT2D eigenvalue weighted by atomic mass is 16.5. The maximum atomic E-state index is 12.9. The predicted octanol–water partition coefficient (Wildman–Crippen LogP) is 6.98. The number of urea groups is 1. The number of ether oxygens (including phenoxy) is 2. The minimum absolute atomic E-state index is 0.0293. The van der Waals surface area contributed by atoms with E-state index in [1.807, 2.05) is 42.2 Å². The number of carbonyl (C=O) groups is 2. The summed E-state index contributed by atoms with van der Waals surface area (Å²) in [6, 6.07) is 13.7. The molecular formula is C35H51N3O6. The molecular weight excluding hydrogens is 558 g/mol. The lowest BCUT2D eigenvalue weighted by molar-refractivity contribution is -0.0526. The van der Waals surface area contributed by atoms with Gasteiger partial charge in [0.1, 0.15) is 0 Å². The number of nitrogens with one attached hydrogen (secondary N) is 1. The summed E-state index contributed by atoms with van der Waals surface area (Å²) in [6.07, 6.45) is 9.33. The number of amides is 2. The molecule has 2 aromatic carbocycles. The molecule has 2 N–H and O–H groups in total. The number of isocyanates is 1. The maximum absolute atomic E-state index is 12.9. The molecule has 0 saturated heterocycles. The first-order valence-corrected chi connectivity index (χ1v) is 16.0. The van der Waals surface area contributed by atoms with Crippen LogP contribution >= 0.6 is 0 Å². The number of nitrogens with zero attached hydrogens (tertiary/aromatic N) is 2. The number of unbranched alkanes of at least 4 members (excludes halogenated alkanes) is 2. The second-order valence-electron chi connectivity index (χ2n) is 11.3. The molecule has 1 aliphatic carbocycles. The van der Waals surface area contributed by atoms with E-state index in [1.165, 1.54) is 11.6 Å². The van der Waals surface area contributed by atoms with Crippen LogP contribution in [0.2, 0.25) is 0 Å². The van der Waals surface area contributed by atoms with Gasteiger partial charge in [0.2, 0.25) is 6.08 Å². The van der Waals surface area contributed by atoms with Crippen molar-refractivity contribution < 1.29 is 29.0 Å². The first kappa shape index (κ1) is 36.7. The van der Waals surface area contributed by atoms with Crippen molar-refractivity contribution in [2.75, 3.05) is 26.2 Å². The monoisotopic (exact) mass is 609 g/mol. The highest BCUT2D eigenvalue weighted by Crippen LogP contribution is 2.25. The number of carboxylic acids is 1. The highest BCUT2D eigenvalue weighted by molar-refractivity contribution is 5.91. The summed E-state index contributed by atoms with van der Waals surface area (Å²) < 4.78 is 12.4. The fourth-order valence-corrected chi connectivity index (χ4v) is 5.15. The Bertz CT molecular complexity index is 1200. The van der Waals surface area contributed by atoms with Gasteiger partial charge in [0.05, 0.1) is 37.5 Å². The van der Waals surface area contributed by atoms with E-state index < -0.39 is 5.97 Å². The summed E-state index contributed by atoms with van der Waals surface area (Å²) >= 11 is 0. The van der Waals surface area contributed by atoms with Gasteiger partial charge in [-0.05, 0) is 69.1 Å². The van der Waals surface area contributed by atoms with Gasteiger partial charge >= 0.3 is 12.0 Å². The van der Waals surface area contributed by atoms with Crippen molar-refractivity contribution in [2.24, 2.45) is 4.99 Å². The summed E-state index contributed by atoms with van der Waals surface area (Å²) in [4.78, 5) is 39.1. The van der Waals surface area contributed by atoms with Crippen molar-refractivity contribution in [1.82, 2.24) is 10.2 Å². The van der Waals surface area contributed by atoms with E-state index in [-0.39, 0.29) is 24.8 Å². The van der Waals surface area contributed by atoms with Gasteiger partial charge in [-0.3, -0.25) is 0 Å². The molecule has 1 fully saturated rings. The second-order valence-corrected chi connectivity index (χ2v) is 11.3. The van der Waals surface area contributed by atoms with Gasteiger partial charge in [-0.1, -0.05) is 74.7 Å². The van der Waals surface area contributed by atoms with Gasteiger partial charge in [-0.2, -0.15) is 0 Å². The molecule has 0 heterocycles. The Hall–Kier alpha value is -3.52. The first-order chi connectivity index (χ1) is 21.3. The van der Waals surface area contributed by atoms with E-state index in [0.29, 0.717) is 43.9 Å². The number of benzene rings is 2. The number of rotatable bonds is 16. The molecule has 0 radical (unpaired) electrons. The molecule has 0 aromatic heterocycles. The van der Waals surface area contributed by atoms with Crippen LogP contribution in [0.4, 0.5) is 4.79 Å². The standard InChI is InChI=1S/C30H42N2O5.C5H9NO/c1-4-5-15-31-30(35)32(20-24-11-6-9-22(2)18-24)16-17-36-26-13-8-14-27(19-26)37-21-25-12-7-10-23(3)28(25)29(33)34;1-2-3-4-6-5-7/h6-7,9-12,18,26-27H,4-5,8,13-17,19-21H2,1-3H3,(H,31,35)(H,33,34);2-4H2,1H3/t26-,27+;/m1./s1. The lowest BCUT2D eigenvalue weighted by Crippen LogP contribution is -2.42. The molecule has 0 aliphatic heterocycles. The van der Waals surface area contributed by atoms with Crippen LogP contribution in [0.3, 0.4) is 0 Å². The topological polar surface area (TPSA) is 118 Å². The Morgan fingerprint density at radius 1 is 1.05 bits per heavy atom. The Labute approximate surface area is 263 Å². The van der Waals surface area contributed by atoms with Crippen molar-refractivity contribution >= 4 is 18.1 Å². The molecule has 9 heteroatoms. The maximum Gasteiger partial charge on any atom is 0.336 e. The fourth-order valence-electron chi connectivity index (χ4n) is 5.15. The van der Waals surface area contributed by atoms with Crippen LogP contribution < -0.4 is 5.32 Å². The molecule has 44 heavy (non-hydrogen) atoms. The third-order valence-corrected chi connectivity index (χ3v) is 7.58. The normalized spacial score (nSPS) is 15.8. The number of hydrogen-bond acceptors (Lipinski definition) is 6. The lowest BCUT2D eigenvalue weighted by atomic mass is 9.94. The van der Waals surface area contributed by atoms with Crippen LogP contribution in [0.1, 0.15) is 97.8 Å². The Kier molecular flexibility index (Phi) is 17.7. The Balaban J connectivity index is 0.000000860. The third-order valence-electron chi connectivity index (χ3n) is 7.58. The average Bonchev–Trinajstić information content (AvgIpc) is 3.00. The van der Waals surface area contributed by atoms with Gasteiger partial charge in [0.15, 0.2) is 0 Å². The molecule has 0 bridgehead atoms. The zero-order valence-corrected chi connectivity index (χ0v) is 27.0. The molecule has 2 aromatic rings. The van der Waals surface area contributed by atoms with Crippen molar-refractivity contribution in [3.05, 3.63) is 70.3 Å². The van der Waals surface area contributed by atoms with Crippen LogP contribution in [-0.2, 0) is 27.4 Å². The quantitative estimate of drug-likeness (QED) is 0.120. The van der Waals surface area contributed by atoms with E-state index in [1.54, 1.807) is 0 Å². The minimum Gasteiger partial charge on any atom is -0.478 e. The van der Waals surface area contributed by atoms with Crippen molar-refractivity contribution in [3.63, 3.8) is 0 Å². The number of hydrogen-bond donors (Lipinski definition) is 2. The number of carboxylic acid groups (broad SMARTS) is 1. The minimum atomic E-state index is -0.921. The number of carbonyl (C=O) groups excluding carboxylic acids is 2. The Morgan fingerprint density at radius 2 is 1.77 bits per heavy atom. The van der Waals surface area contributed by atoms with E-state index >= 15 is 0 Å². The number of aromatic carboxylic acids is 1. The molecule has 9 nitrogen and oxygen atoms in total. The molecule has 2 atom stereocenters. The summed E-state index contributed by atoms with van der Waals surface area (Å²) in [5, 5.41) is 12.6. The zero-order chi connectivity index (χ0) is 32.2. The summed E-state index contributed by atoms with van der Waals surface area (Å²) in [5.74, 6) is -0.921. The van der Waals surface area contributed by atoms with Crippen LogP contribution in [0.5, 0.6) is 0 Å². The van der Waals surface area contributed by atoms with Crippen molar-refractivity contribution in [1.29, 1.82) is 0 Å². The summed E-state index contributed by atoms with van der Waals surface area (Å²) in [6.45, 7) is 11.1. The molecule has 1 aliphatic rings. The number of aliphatic imine (C=N–C) groups is 1. The largest absolute Gasteiger partial charge is 0.478 e. The smallest absolute Gasteiger partial charge is 0.336 e. The van der Waals surface area contributed by atoms with Crippen LogP contribution in [-0.4, -0.2) is 66.5 Å². The third kappa shape index (κ3) is 13.8. The molecule has 0 unspecified atom stereocenters. The van der Waals surface area contributed by atoms with Crippen LogP contribution in [0, 0.1) is 13.8 Å². The van der Waals surface area contributed by atoms with Crippen LogP contribution in [0.15, 0.2) is 47.5 Å². The van der Waals surface area contributed by atoms with Crippen molar-refractivity contribution in [2.45, 2.75) is 104 Å². The Morgan fingerprint density at radius 3 is 2.45 bits per heavy atom. The van der Waals surface area contributed by atoms with Crippen LogP contribution in [0.25, 0.3) is 0 Å². The molecule has 1 saturated carbocycles. The molecule has 2 amide bonds. The summed E-state index contributed by atoms with van der Waals surface area (Å²) in [7, 11) is 0. The van der Waals surface area contributed by atoms with Gasteiger partial charge < -0.3 is 24.8 Å². The van der Waals surface area contributed by atoms with Gasteiger partial charge in [0, 0.05) is 19.6 Å². The van der Waals surface area contributed by atoms with Crippen molar-refractivity contribution in [3.8, 4) is 0 Å². The van der Waals surface area contributed by atoms with E-state index in [4.69, 9.17) is 9.47 Å². The predicted molar refractivity (Wildman–Crippen MR) is 173 cm³/mol. The van der Waals surface area contributed by atoms with Gasteiger partial charge in [0.25, 0.3) is 0 Å². The SMILES string of the molecule is CCCCN=C=O.CCCCNC(=O)N(CCO[C@@H]1CCC[C@H](OCc2cccc(C)c2C(=O)O)C1)Cc1cccc(C)c1. The fraction of sp³-hybridized carbons (Fsp3) is 0.571. The first-order valence-electron chi connectivity index (χ1n) is 16.0. The lowest BCUT2D eigenvalue weighted by Gasteiger charge is -2.30. The van der Waals surface area contributed by atoms with E-state index in [0.717, 1.165) is 62.5 Å². The molecule has 0 spiro atoms. The zero-order valence-electron chi connectivity index (χ0n) is 27.0. The molecule has 242 valence electrons. The second kappa shape index (κ2) is 21.2. The van der Waals surface area contributed by atoms with Gasteiger partial charge in [-0.25, -0.2) is 19.4 Å². The van der Waals surface area contributed by atoms with E-state index in [9.17, 15) is 19.5 Å². The molecule has 3 rings (SSSR count). The summed E-state index contributed by atoms with van der Waals surface area (Å²) in [5.41, 5.74) is 4.06. The number of aryl methyl sites for hydroxylation is 2. The van der Waals surface area contributed by atoms with E-state index in [2.05, 4.69) is 43.2 Å².